The quantitative estimate of drug-likeness (QED) is 0.937. The van der Waals surface area contributed by atoms with Gasteiger partial charge in [-0.25, -0.2) is 4.98 Å². The molecule has 106 valence electrons. The highest BCUT2D eigenvalue weighted by atomic mass is 19.4. The van der Waals surface area contributed by atoms with E-state index in [4.69, 9.17) is 10.5 Å². The first-order valence-electron chi connectivity index (χ1n) is 5.93. The first kappa shape index (κ1) is 14.3. The van der Waals surface area contributed by atoms with Crippen LogP contribution in [-0.4, -0.2) is 11.6 Å². The number of ether oxygens (including phenoxy) is 1. The van der Waals surface area contributed by atoms with Gasteiger partial charge in [-0.3, -0.25) is 0 Å². The molecule has 0 aliphatic rings. The summed E-state index contributed by atoms with van der Waals surface area (Å²) in [6.07, 6.45) is -3.40. The van der Waals surface area contributed by atoms with Crippen molar-refractivity contribution >= 4 is 0 Å². The number of nitrogens with two attached hydrogens (primary N) is 1. The summed E-state index contributed by atoms with van der Waals surface area (Å²) in [5.41, 5.74) is 5.87. The molecule has 0 spiro atoms. The van der Waals surface area contributed by atoms with Gasteiger partial charge in [0, 0.05) is 0 Å². The molecule has 2 N–H and O–H groups in total. The summed E-state index contributed by atoms with van der Waals surface area (Å²) in [4.78, 5) is 3.31. The van der Waals surface area contributed by atoms with Gasteiger partial charge in [0.15, 0.2) is 0 Å². The number of aromatic nitrogens is 1. The molecule has 0 aliphatic heterocycles. The van der Waals surface area contributed by atoms with Gasteiger partial charge in [-0.05, 0) is 17.7 Å². The van der Waals surface area contributed by atoms with Crippen molar-refractivity contribution in [2.45, 2.75) is 12.2 Å². The molecule has 2 rings (SSSR count). The van der Waals surface area contributed by atoms with Crippen molar-refractivity contribution in [1.82, 2.24) is 4.98 Å². The van der Waals surface area contributed by atoms with E-state index in [0.29, 0.717) is 0 Å². The van der Waals surface area contributed by atoms with E-state index in [1.807, 2.05) is 30.3 Å². The second-order valence-corrected chi connectivity index (χ2v) is 4.21. The van der Waals surface area contributed by atoms with E-state index in [1.54, 1.807) is 0 Å². The Morgan fingerprint density at radius 1 is 1.10 bits per heavy atom. The van der Waals surface area contributed by atoms with Crippen LogP contribution in [0.5, 0.6) is 5.75 Å². The third-order valence-corrected chi connectivity index (χ3v) is 2.68. The standard InChI is InChI=1S/C14H13F3N2O/c15-14(16,17)13-7-6-11(8-19-13)20-9-12(18)10-4-2-1-3-5-10/h1-8,12H,9,18H2. The lowest BCUT2D eigenvalue weighted by atomic mass is 10.1. The number of rotatable bonds is 4. The fraction of sp³-hybridized carbons (Fsp3) is 0.214. The van der Waals surface area contributed by atoms with Gasteiger partial charge in [0.2, 0.25) is 0 Å². The lowest BCUT2D eigenvalue weighted by molar-refractivity contribution is -0.141. The Morgan fingerprint density at radius 2 is 1.80 bits per heavy atom. The number of halogens is 3. The van der Waals surface area contributed by atoms with Crippen molar-refractivity contribution < 1.29 is 17.9 Å². The molecule has 1 heterocycles. The second kappa shape index (κ2) is 5.92. The van der Waals surface area contributed by atoms with E-state index in [2.05, 4.69) is 4.98 Å². The predicted octanol–water partition coefficient (Wildman–Crippen LogP) is 3.18. The van der Waals surface area contributed by atoms with Crippen LogP contribution < -0.4 is 10.5 Å². The Hall–Kier alpha value is -2.08. The van der Waals surface area contributed by atoms with Gasteiger partial charge in [-0.1, -0.05) is 30.3 Å². The summed E-state index contributed by atoms with van der Waals surface area (Å²) >= 11 is 0. The predicted molar refractivity (Wildman–Crippen MR) is 68.1 cm³/mol. The largest absolute Gasteiger partial charge is 0.490 e. The molecule has 0 radical (unpaired) electrons. The van der Waals surface area contributed by atoms with E-state index in [0.717, 1.165) is 17.8 Å². The highest BCUT2D eigenvalue weighted by Gasteiger charge is 2.32. The van der Waals surface area contributed by atoms with Gasteiger partial charge < -0.3 is 10.5 Å². The topological polar surface area (TPSA) is 48.1 Å². The minimum absolute atomic E-state index is 0.164. The third-order valence-electron chi connectivity index (χ3n) is 2.68. The summed E-state index contributed by atoms with van der Waals surface area (Å²) in [6, 6.07) is 11.1. The average Bonchev–Trinajstić information content (AvgIpc) is 2.45. The van der Waals surface area contributed by atoms with E-state index in [-0.39, 0.29) is 18.4 Å². The van der Waals surface area contributed by atoms with Crippen LogP contribution in [-0.2, 0) is 6.18 Å². The monoisotopic (exact) mass is 282 g/mol. The number of benzene rings is 1. The molecule has 1 aromatic heterocycles. The summed E-state index contributed by atoms with van der Waals surface area (Å²) < 4.78 is 42.3. The van der Waals surface area contributed by atoms with Crippen LogP contribution in [0.4, 0.5) is 13.2 Å². The smallest absolute Gasteiger partial charge is 0.433 e. The lowest BCUT2D eigenvalue weighted by Crippen LogP contribution is -2.19. The minimum atomic E-state index is -4.45. The number of alkyl halides is 3. The molecule has 0 aliphatic carbocycles. The number of hydrogen-bond acceptors (Lipinski definition) is 3. The van der Waals surface area contributed by atoms with E-state index in [1.165, 1.54) is 6.07 Å². The molecule has 2 aromatic rings. The molecule has 6 heteroatoms. The molecule has 0 bridgehead atoms. The zero-order valence-corrected chi connectivity index (χ0v) is 10.5. The van der Waals surface area contributed by atoms with Crippen LogP contribution in [0.25, 0.3) is 0 Å². The van der Waals surface area contributed by atoms with E-state index < -0.39 is 11.9 Å². The van der Waals surface area contributed by atoms with Crippen LogP contribution in [0.1, 0.15) is 17.3 Å². The molecule has 0 saturated heterocycles. The molecule has 1 atom stereocenters. The average molecular weight is 282 g/mol. The summed E-state index contributed by atoms with van der Waals surface area (Å²) in [6.45, 7) is 0.164. The van der Waals surface area contributed by atoms with Crippen molar-refractivity contribution in [2.75, 3.05) is 6.61 Å². The van der Waals surface area contributed by atoms with Crippen molar-refractivity contribution in [1.29, 1.82) is 0 Å². The van der Waals surface area contributed by atoms with Crippen molar-refractivity contribution in [3.05, 3.63) is 59.9 Å². The van der Waals surface area contributed by atoms with Gasteiger partial charge in [-0.15, -0.1) is 0 Å². The van der Waals surface area contributed by atoms with Gasteiger partial charge in [0.05, 0.1) is 12.2 Å². The van der Waals surface area contributed by atoms with Crippen LogP contribution >= 0.6 is 0 Å². The molecule has 0 amide bonds. The van der Waals surface area contributed by atoms with Crippen molar-refractivity contribution in [3.8, 4) is 5.75 Å². The number of pyridine rings is 1. The molecule has 20 heavy (non-hydrogen) atoms. The number of hydrogen-bond donors (Lipinski definition) is 1. The zero-order valence-electron chi connectivity index (χ0n) is 10.5. The van der Waals surface area contributed by atoms with E-state index >= 15 is 0 Å². The van der Waals surface area contributed by atoms with Gasteiger partial charge in [0.25, 0.3) is 0 Å². The van der Waals surface area contributed by atoms with Gasteiger partial charge in [-0.2, -0.15) is 13.2 Å². The maximum Gasteiger partial charge on any atom is 0.433 e. The fourth-order valence-electron chi connectivity index (χ4n) is 1.62. The van der Waals surface area contributed by atoms with Crippen LogP contribution in [0.15, 0.2) is 48.7 Å². The molecular weight excluding hydrogens is 269 g/mol. The highest BCUT2D eigenvalue weighted by molar-refractivity contribution is 5.22. The SMILES string of the molecule is NC(COc1ccc(C(F)(F)F)nc1)c1ccccc1. The Kier molecular flexibility index (Phi) is 4.24. The van der Waals surface area contributed by atoms with Crippen LogP contribution in [0.2, 0.25) is 0 Å². The highest BCUT2D eigenvalue weighted by Crippen LogP contribution is 2.28. The van der Waals surface area contributed by atoms with E-state index in [9.17, 15) is 13.2 Å². The van der Waals surface area contributed by atoms with Crippen molar-refractivity contribution in [3.63, 3.8) is 0 Å². The molecule has 0 fully saturated rings. The maximum atomic E-state index is 12.3. The zero-order chi connectivity index (χ0) is 14.6. The maximum absolute atomic E-state index is 12.3. The summed E-state index contributed by atoms with van der Waals surface area (Å²) in [5.74, 6) is 0.254. The fourth-order valence-corrected chi connectivity index (χ4v) is 1.62. The van der Waals surface area contributed by atoms with Crippen LogP contribution in [0.3, 0.4) is 0 Å². The Bertz CT molecular complexity index is 541. The second-order valence-electron chi connectivity index (χ2n) is 4.21. The Morgan fingerprint density at radius 3 is 2.35 bits per heavy atom. The third kappa shape index (κ3) is 3.71. The minimum Gasteiger partial charge on any atom is -0.490 e. The molecule has 0 saturated carbocycles. The summed E-state index contributed by atoms with van der Waals surface area (Å²) in [5, 5.41) is 0. The summed E-state index contributed by atoms with van der Waals surface area (Å²) in [7, 11) is 0. The first-order valence-corrected chi connectivity index (χ1v) is 5.93. The van der Waals surface area contributed by atoms with Gasteiger partial charge in [0.1, 0.15) is 18.1 Å². The molecular formula is C14H13F3N2O. The molecule has 3 nitrogen and oxygen atoms in total. The number of nitrogens with zero attached hydrogens (tertiary/aromatic N) is 1. The van der Waals surface area contributed by atoms with Crippen LogP contribution in [0, 0.1) is 0 Å². The molecule has 1 unspecified atom stereocenters. The first-order chi connectivity index (χ1) is 9.47. The Labute approximate surface area is 114 Å². The Balaban J connectivity index is 1.94. The normalized spacial score (nSPS) is 13.0. The molecule has 1 aromatic carbocycles. The van der Waals surface area contributed by atoms with Gasteiger partial charge >= 0.3 is 6.18 Å². The van der Waals surface area contributed by atoms with Crippen molar-refractivity contribution in [2.24, 2.45) is 5.73 Å². The lowest BCUT2D eigenvalue weighted by Gasteiger charge is -2.13.